The molecule has 1 aromatic carbocycles. The van der Waals surface area contributed by atoms with Crippen LogP contribution in [0.25, 0.3) is 0 Å². The van der Waals surface area contributed by atoms with E-state index < -0.39 is 0 Å². The SMILES string of the molecule is CCCCCCCCc1ccc(C(Cl)CC=C(C)C)cc1. The summed E-state index contributed by atoms with van der Waals surface area (Å²) in [5.41, 5.74) is 4.02. The molecule has 0 bridgehead atoms. The first kappa shape index (κ1) is 18.3. The van der Waals surface area contributed by atoms with Crippen molar-refractivity contribution in [2.24, 2.45) is 0 Å². The lowest BCUT2D eigenvalue weighted by molar-refractivity contribution is 0.607. The van der Waals surface area contributed by atoms with Crippen LogP contribution in [0.2, 0.25) is 0 Å². The maximum atomic E-state index is 6.43. The zero-order chi connectivity index (χ0) is 15.5. The Balaban J connectivity index is 2.31. The van der Waals surface area contributed by atoms with Gasteiger partial charge in [0.2, 0.25) is 0 Å². The largest absolute Gasteiger partial charge is 0.117 e. The van der Waals surface area contributed by atoms with Crippen LogP contribution in [0.5, 0.6) is 0 Å². The van der Waals surface area contributed by atoms with Crippen LogP contribution >= 0.6 is 11.6 Å². The Bertz CT molecular complexity index is 398. The summed E-state index contributed by atoms with van der Waals surface area (Å²) >= 11 is 6.43. The zero-order valence-corrected chi connectivity index (χ0v) is 14.8. The summed E-state index contributed by atoms with van der Waals surface area (Å²) in [5.74, 6) is 0. The van der Waals surface area contributed by atoms with Gasteiger partial charge in [0, 0.05) is 0 Å². The number of unbranched alkanes of at least 4 members (excludes halogenated alkanes) is 5. The summed E-state index contributed by atoms with van der Waals surface area (Å²) in [6, 6.07) is 8.89. The van der Waals surface area contributed by atoms with Gasteiger partial charge in [0.25, 0.3) is 0 Å². The van der Waals surface area contributed by atoms with Crippen LogP contribution < -0.4 is 0 Å². The van der Waals surface area contributed by atoms with E-state index in [1.165, 1.54) is 61.6 Å². The summed E-state index contributed by atoms with van der Waals surface area (Å²) in [6.45, 7) is 6.50. The molecule has 0 spiro atoms. The minimum atomic E-state index is 0.1000. The lowest BCUT2D eigenvalue weighted by atomic mass is 10.0. The first-order chi connectivity index (χ1) is 10.1. The van der Waals surface area contributed by atoms with Crippen LogP contribution in [-0.2, 0) is 6.42 Å². The van der Waals surface area contributed by atoms with Gasteiger partial charge in [-0.1, -0.05) is 74.9 Å². The predicted octanol–water partition coefficient (Wildman–Crippen LogP) is 7.23. The summed E-state index contributed by atoms with van der Waals surface area (Å²) < 4.78 is 0. The van der Waals surface area contributed by atoms with Crippen molar-refractivity contribution in [3.05, 3.63) is 47.0 Å². The summed E-state index contributed by atoms with van der Waals surface area (Å²) in [6.07, 6.45) is 12.5. The third-order valence-corrected chi connectivity index (χ3v) is 4.32. The van der Waals surface area contributed by atoms with Gasteiger partial charge in [-0.2, -0.15) is 0 Å². The number of alkyl halides is 1. The van der Waals surface area contributed by atoms with Gasteiger partial charge in [-0.25, -0.2) is 0 Å². The molecule has 0 aliphatic heterocycles. The first-order valence-electron chi connectivity index (χ1n) is 8.49. The Morgan fingerprint density at radius 2 is 1.62 bits per heavy atom. The molecule has 0 radical (unpaired) electrons. The fourth-order valence-corrected chi connectivity index (χ4v) is 2.71. The Morgan fingerprint density at radius 1 is 1.00 bits per heavy atom. The van der Waals surface area contributed by atoms with E-state index in [0.717, 1.165) is 6.42 Å². The topological polar surface area (TPSA) is 0 Å². The highest BCUT2D eigenvalue weighted by Gasteiger charge is 2.06. The molecule has 118 valence electrons. The molecule has 0 N–H and O–H groups in total. The fourth-order valence-electron chi connectivity index (χ4n) is 2.48. The third-order valence-electron chi connectivity index (χ3n) is 3.89. The Morgan fingerprint density at radius 3 is 2.24 bits per heavy atom. The van der Waals surface area contributed by atoms with E-state index in [2.05, 4.69) is 51.1 Å². The quantitative estimate of drug-likeness (QED) is 0.243. The number of aryl methyl sites for hydroxylation is 1. The molecular weight excluding hydrogens is 276 g/mol. The number of rotatable bonds is 10. The number of hydrogen-bond donors (Lipinski definition) is 0. The van der Waals surface area contributed by atoms with Crippen molar-refractivity contribution in [1.29, 1.82) is 0 Å². The zero-order valence-electron chi connectivity index (χ0n) is 14.0. The van der Waals surface area contributed by atoms with E-state index >= 15 is 0 Å². The van der Waals surface area contributed by atoms with Crippen LogP contribution in [0.4, 0.5) is 0 Å². The first-order valence-corrected chi connectivity index (χ1v) is 8.93. The van der Waals surface area contributed by atoms with Crippen molar-refractivity contribution >= 4 is 11.6 Å². The molecule has 0 saturated carbocycles. The molecule has 0 amide bonds. The number of benzene rings is 1. The highest BCUT2D eigenvalue weighted by molar-refractivity contribution is 6.20. The van der Waals surface area contributed by atoms with E-state index in [1.807, 2.05) is 0 Å². The second-order valence-corrected chi connectivity index (χ2v) is 6.77. The summed E-state index contributed by atoms with van der Waals surface area (Å²) in [7, 11) is 0. The average molecular weight is 307 g/mol. The van der Waals surface area contributed by atoms with E-state index in [1.54, 1.807) is 0 Å². The van der Waals surface area contributed by atoms with Crippen molar-refractivity contribution in [1.82, 2.24) is 0 Å². The molecule has 0 saturated heterocycles. The molecule has 1 rings (SSSR count). The van der Waals surface area contributed by atoms with Crippen molar-refractivity contribution in [2.45, 2.75) is 77.5 Å². The molecule has 0 heterocycles. The third kappa shape index (κ3) is 8.31. The monoisotopic (exact) mass is 306 g/mol. The number of allylic oxidation sites excluding steroid dienone is 2. The highest BCUT2D eigenvalue weighted by atomic mass is 35.5. The maximum Gasteiger partial charge on any atom is 0.0619 e. The van der Waals surface area contributed by atoms with Gasteiger partial charge in [0.05, 0.1) is 5.38 Å². The van der Waals surface area contributed by atoms with Gasteiger partial charge >= 0.3 is 0 Å². The Kier molecular flexibility index (Phi) is 9.50. The van der Waals surface area contributed by atoms with Crippen molar-refractivity contribution < 1.29 is 0 Å². The van der Waals surface area contributed by atoms with E-state index in [9.17, 15) is 0 Å². The lowest BCUT2D eigenvalue weighted by Gasteiger charge is -2.09. The second kappa shape index (κ2) is 10.9. The summed E-state index contributed by atoms with van der Waals surface area (Å²) in [5, 5.41) is 0.1000. The maximum absolute atomic E-state index is 6.43. The van der Waals surface area contributed by atoms with Gasteiger partial charge in [-0.15, -0.1) is 11.6 Å². The average Bonchev–Trinajstić information content (AvgIpc) is 2.49. The Hall–Kier alpha value is -0.750. The molecule has 1 aromatic rings. The molecule has 1 unspecified atom stereocenters. The van der Waals surface area contributed by atoms with E-state index in [0.29, 0.717) is 0 Å². The van der Waals surface area contributed by atoms with E-state index in [-0.39, 0.29) is 5.38 Å². The molecule has 1 atom stereocenters. The minimum absolute atomic E-state index is 0.1000. The van der Waals surface area contributed by atoms with E-state index in [4.69, 9.17) is 11.6 Å². The highest BCUT2D eigenvalue weighted by Crippen LogP contribution is 2.25. The van der Waals surface area contributed by atoms with Crippen LogP contribution in [0.1, 0.15) is 82.2 Å². The minimum Gasteiger partial charge on any atom is -0.117 e. The second-order valence-electron chi connectivity index (χ2n) is 6.24. The predicted molar refractivity (Wildman–Crippen MR) is 96.2 cm³/mol. The van der Waals surface area contributed by atoms with Crippen LogP contribution in [0, 0.1) is 0 Å². The standard InChI is InChI=1S/C20H31Cl/c1-4-5-6-7-8-9-10-18-12-14-19(15-13-18)20(21)16-11-17(2)3/h11-15,20H,4-10,16H2,1-3H3. The molecular formula is C20H31Cl. The smallest absolute Gasteiger partial charge is 0.0619 e. The fraction of sp³-hybridized carbons (Fsp3) is 0.600. The van der Waals surface area contributed by atoms with Crippen LogP contribution in [0.3, 0.4) is 0 Å². The van der Waals surface area contributed by atoms with Gasteiger partial charge in [-0.05, 0) is 44.2 Å². The molecule has 0 aromatic heterocycles. The summed E-state index contributed by atoms with van der Waals surface area (Å²) in [4.78, 5) is 0. The molecule has 1 heteroatoms. The van der Waals surface area contributed by atoms with Crippen LogP contribution in [0.15, 0.2) is 35.9 Å². The number of halogens is 1. The molecule has 0 fully saturated rings. The molecule has 21 heavy (non-hydrogen) atoms. The Labute approximate surface area is 136 Å². The van der Waals surface area contributed by atoms with Crippen molar-refractivity contribution in [2.75, 3.05) is 0 Å². The lowest BCUT2D eigenvalue weighted by Crippen LogP contribution is -1.91. The molecule has 0 aliphatic rings. The number of hydrogen-bond acceptors (Lipinski definition) is 0. The van der Waals surface area contributed by atoms with Gasteiger partial charge < -0.3 is 0 Å². The van der Waals surface area contributed by atoms with Gasteiger partial charge in [-0.3, -0.25) is 0 Å². The van der Waals surface area contributed by atoms with Gasteiger partial charge in [0.15, 0.2) is 0 Å². The van der Waals surface area contributed by atoms with Crippen LogP contribution in [-0.4, -0.2) is 0 Å². The molecule has 0 nitrogen and oxygen atoms in total. The van der Waals surface area contributed by atoms with Crippen molar-refractivity contribution in [3.8, 4) is 0 Å². The van der Waals surface area contributed by atoms with Gasteiger partial charge in [0.1, 0.15) is 0 Å². The normalized spacial score (nSPS) is 12.2. The van der Waals surface area contributed by atoms with Crippen molar-refractivity contribution in [3.63, 3.8) is 0 Å². The molecule has 0 aliphatic carbocycles.